The summed E-state index contributed by atoms with van der Waals surface area (Å²) in [6.45, 7) is 5.34. The third kappa shape index (κ3) is 5.97. The molecular weight excluding hydrogens is 496 g/mol. The number of urea groups is 1. The van der Waals surface area contributed by atoms with Crippen molar-refractivity contribution in [2.75, 3.05) is 43.1 Å². The first-order valence-electron chi connectivity index (χ1n) is 13.0. The molecule has 3 aromatic rings. The minimum atomic E-state index is -0.370. The lowest BCUT2D eigenvalue weighted by Crippen LogP contribution is -2.45. The van der Waals surface area contributed by atoms with Gasteiger partial charge in [0.15, 0.2) is 5.82 Å². The van der Waals surface area contributed by atoms with Crippen LogP contribution in [0, 0.1) is 11.3 Å². The van der Waals surface area contributed by atoms with Gasteiger partial charge in [-0.3, -0.25) is 9.78 Å². The largest absolute Gasteiger partial charge is 0.377 e. The van der Waals surface area contributed by atoms with Gasteiger partial charge in [-0.25, -0.2) is 14.8 Å². The lowest BCUT2D eigenvalue weighted by atomic mass is 10.0. The number of carbonyl (C=O) groups excluding carboxylic acids is 2. The molecular formula is C28H30N8O3. The minimum Gasteiger partial charge on any atom is -0.377 e. The molecule has 1 saturated heterocycles. The summed E-state index contributed by atoms with van der Waals surface area (Å²) in [7, 11) is 0. The molecule has 2 N–H and O–H groups in total. The number of aromatic nitrogens is 3. The zero-order chi connectivity index (χ0) is 27.2. The molecule has 1 atom stereocenters. The van der Waals surface area contributed by atoms with E-state index >= 15 is 0 Å². The second-order valence-corrected chi connectivity index (χ2v) is 9.50. The lowest BCUT2D eigenvalue weighted by Gasteiger charge is -2.37. The number of morpholine rings is 1. The third-order valence-corrected chi connectivity index (χ3v) is 6.80. The Morgan fingerprint density at radius 1 is 1.18 bits per heavy atom. The van der Waals surface area contributed by atoms with E-state index in [9.17, 15) is 9.59 Å². The van der Waals surface area contributed by atoms with E-state index < -0.39 is 0 Å². The smallest absolute Gasteiger partial charge is 0.319 e. The first-order chi connectivity index (χ1) is 19.0. The standard InChI is InChI=1S/C28H30N8O3/c1-19-18-39-15-14-36(19)26-23-9-13-35(27(37)21-4-2-11-30-16-21)17-24(23)33-25(34-26)20-5-7-22(8-6-20)32-28(38)31-12-3-10-29/h2,4-8,11,16,19H,3,9,12-15,17-18H2,1H3,(H2,31,32,38)/t19-/m0/s1. The van der Waals surface area contributed by atoms with Crippen LogP contribution >= 0.6 is 0 Å². The normalized spacial score (nSPS) is 16.7. The van der Waals surface area contributed by atoms with E-state index in [0.717, 1.165) is 29.2 Å². The van der Waals surface area contributed by atoms with Crippen molar-refractivity contribution < 1.29 is 14.3 Å². The Bertz CT molecular complexity index is 1370. The summed E-state index contributed by atoms with van der Waals surface area (Å²) in [5.74, 6) is 1.38. The van der Waals surface area contributed by atoms with Crippen LogP contribution in [0.5, 0.6) is 0 Å². The second-order valence-electron chi connectivity index (χ2n) is 9.50. The fourth-order valence-electron chi connectivity index (χ4n) is 4.77. The van der Waals surface area contributed by atoms with E-state index in [1.54, 1.807) is 41.6 Å². The molecule has 1 aromatic carbocycles. The highest BCUT2D eigenvalue weighted by Gasteiger charge is 2.30. The number of nitrogens with zero attached hydrogens (tertiary/aromatic N) is 6. The van der Waals surface area contributed by atoms with Crippen molar-refractivity contribution in [1.82, 2.24) is 25.2 Å². The summed E-state index contributed by atoms with van der Waals surface area (Å²) in [6.07, 6.45) is 4.14. The first kappa shape index (κ1) is 26.1. The van der Waals surface area contributed by atoms with Crippen LogP contribution in [0.1, 0.15) is 35.0 Å². The number of hydrogen-bond acceptors (Lipinski definition) is 8. The second kappa shape index (κ2) is 11.9. The molecule has 200 valence electrons. The SMILES string of the molecule is C[C@H]1COCCN1c1nc(-c2ccc(NC(=O)NCCC#N)cc2)nc2c1CCN(C(=O)c1cccnc1)C2. The van der Waals surface area contributed by atoms with Crippen molar-refractivity contribution in [2.45, 2.75) is 32.4 Å². The highest BCUT2D eigenvalue weighted by molar-refractivity contribution is 5.94. The summed E-state index contributed by atoms with van der Waals surface area (Å²) < 4.78 is 5.67. The Kier molecular flexibility index (Phi) is 7.94. The maximum absolute atomic E-state index is 13.2. The van der Waals surface area contributed by atoms with Gasteiger partial charge in [0.2, 0.25) is 0 Å². The zero-order valence-corrected chi connectivity index (χ0v) is 21.8. The third-order valence-electron chi connectivity index (χ3n) is 6.80. The molecule has 0 unspecified atom stereocenters. The van der Waals surface area contributed by atoms with Crippen molar-refractivity contribution >= 4 is 23.4 Å². The molecule has 4 heterocycles. The van der Waals surface area contributed by atoms with Gasteiger partial charge >= 0.3 is 6.03 Å². The number of hydrogen-bond donors (Lipinski definition) is 2. The predicted molar refractivity (Wildman–Crippen MR) is 145 cm³/mol. The number of nitrogens with one attached hydrogen (secondary N) is 2. The summed E-state index contributed by atoms with van der Waals surface area (Å²) >= 11 is 0. The molecule has 0 saturated carbocycles. The van der Waals surface area contributed by atoms with E-state index in [2.05, 4.69) is 27.4 Å². The van der Waals surface area contributed by atoms with Crippen LogP contribution in [-0.4, -0.2) is 70.7 Å². The fourth-order valence-corrected chi connectivity index (χ4v) is 4.77. The maximum atomic E-state index is 13.2. The number of anilines is 2. The molecule has 5 rings (SSSR count). The van der Waals surface area contributed by atoms with Gasteiger partial charge in [0.1, 0.15) is 5.82 Å². The van der Waals surface area contributed by atoms with Crippen molar-refractivity contribution in [1.29, 1.82) is 5.26 Å². The number of amides is 3. The summed E-state index contributed by atoms with van der Waals surface area (Å²) in [6, 6.07) is 12.6. The number of pyridine rings is 1. The van der Waals surface area contributed by atoms with Gasteiger partial charge in [-0.15, -0.1) is 0 Å². The van der Waals surface area contributed by atoms with Crippen LogP contribution in [-0.2, 0) is 17.7 Å². The summed E-state index contributed by atoms with van der Waals surface area (Å²) in [5.41, 5.74) is 3.86. The van der Waals surface area contributed by atoms with Crippen LogP contribution in [0.2, 0.25) is 0 Å². The number of ether oxygens (including phenoxy) is 1. The Morgan fingerprint density at radius 3 is 2.77 bits per heavy atom. The number of benzene rings is 1. The Hall–Kier alpha value is -4.56. The molecule has 1 fully saturated rings. The van der Waals surface area contributed by atoms with Gasteiger partial charge in [0.05, 0.1) is 49.5 Å². The summed E-state index contributed by atoms with van der Waals surface area (Å²) in [5, 5.41) is 14.0. The first-order valence-corrected chi connectivity index (χ1v) is 13.0. The monoisotopic (exact) mass is 526 g/mol. The molecule has 39 heavy (non-hydrogen) atoms. The van der Waals surface area contributed by atoms with Gasteiger partial charge in [0.25, 0.3) is 5.91 Å². The molecule has 0 aliphatic carbocycles. The van der Waals surface area contributed by atoms with Crippen molar-refractivity contribution in [3.05, 3.63) is 65.6 Å². The zero-order valence-electron chi connectivity index (χ0n) is 21.8. The summed E-state index contributed by atoms with van der Waals surface area (Å²) in [4.78, 5) is 43.3. The Morgan fingerprint density at radius 2 is 2.03 bits per heavy atom. The molecule has 3 amide bonds. The lowest BCUT2D eigenvalue weighted by molar-refractivity contribution is 0.0731. The fraction of sp³-hybridized carbons (Fsp3) is 0.357. The van der Waals surface area contributed by atoms with Gasteiger partial charge in [-0.2, -0.15) is 5.26 Å². The Balaban J connectivity index is 1.43. The molecule has 0 radical (unpaired) electrons. The van der Waals surface area contributed by atoms with Gasteiger partial charge in [-0.1, -0.05) is 0 Å². The number of rotatable bonds is 6. The van der Waals surface area contributed by atoms with Crippen LogP contribution < -0.4 is 15.5 Å². The van der Waals surface area contributed by atoms with Gasteiger partial charge in [-0.05, 0) is 49.7 Å². The number of carbonyl (C=O) groups is 2. The highest BCUT2D eigenvalue weighted by atomic mass is 16.5. The number of nitriles is 1. The molecule has 2 aliphatic heterocycles. The minimum absolute atomic E-state index is 0.0707. The highest BCUT2D eigenvalue weighted by Crippen LogP contribution is 2.32. The molecule has 2 aromatic heterocycles. The van der Waals surface area contributed by atoms with Crippen molar-refractivity contribution in [3.8, 4) is 17.5 Å². The average Bonchev–Trinajstić information content (AvgIpc) is 2.97. The quantitative estimate of drug-likeness (QED) is 0.468. The van der Waals surface area contributed by atoms with Crippen molar-refractivity contribution in [2.24, 2.45) is 0 Å². The molecule has 0 spiro atoms. The van der Waals surface area contributed by atoms with E-state index in [1.807, 2.05) is 18.2 Å². The molecule has 11 heteroatoms. The van der Waals surface area contributed by atoms with Gasteiger partial charge in [0, 0.05) is 48.8 Å². The number of fused-ring (bicyclic) bond motifs is 1. The topological polar surface area (TPSA) is 136 Å². The van der Waals surface area contributed by atoms with E-state index in [1.165, 1.54) is 0 Å². The molecule has 11 nitrogen and oxygen atoms in total. The van der Waals surface area contributed by atoms with Crippen LogP contribution in [0.25, 0.3) is 11.4 Å². The maximum Gasteiger partial charge on any atom is 0.319 e. The van der Waals surface area contributed by atoms with Crippen LogP contribution in [0.4, 0.5) is 16.3 Å². The van der Waals surface area contributed by atoms with Crippen molar-refractivity contribution in [3.63, 3.8) is 0 Å². The van der Waals surface area contributed by atoms with Crippen LogP contribution in [0.15, 0.2) is 48.8 Å². The van der Waals surface area contributed by atoms with E-state index in [4.69, 9.17) is 20.0 Å². The van der Waals surface area contributed by atoms with E-state index in [0.29, 0.717) is 49.8 Å². The van der Waals surface area contributed by atoms with Crippen LogP contribution in [0.3, 0.4) is 0 Å². The Labute approximate surface area is 226 Å². The van der Waals surface area contributed by atoms with Gasteiger partial charge < -0.3 is 25.2 Å². The predicted octanol–water partition coefficient (Wildman–Crippen LogP) is 3.00. The molecule has 2 aliphatic rings. The van der Waals surface area contributed by atoms with E-state index in [-0.39, 0.29) is 30.9 Å². The average molecular weight is 527 g/mol. The molecule has 0 bridgehead atoms.